The summed E-state index contributed by atoms with van der Waals surface area (Å²) in [5, 5.41) is 9.71. The molecule has 1 aromatic carbocycles. The second-order valence-electron chi connectivity index (χ2n) is 7.46. The minimum Gasteiger partial charge on any atom is -0.480 e. The highest BCUT2D eigenvalue weighted by Crippen LogP contribution is 2.31. The molecule has 8 nitrogen and oxygen atoms in total. The van der Waals surface area contributed by atoms with E-state index in [-0.39, 0.29) is 0 Å². The summed E-state index contributed by atoms with van der Waals surface area (Å²) >= 11 is 6.33. The molecule has 0 unspecified atom stereocenters. The molecular formula is C20H21ClN4O4. The Hall–Kier alpha value is -3.26. The van der Waals surface area contributed by atoms with Crippen molar-refractivity contribution in [1.29, 1.82) is 0 Å². The SMILES string of the molecule is CC(C)(C)OC(=O)N(CC(=O)O)c1ccc2ncc(-c3ccc(N)cc3Cl)n2c1. The smallest absolute Gasteiger partial charge is 0.415 e. The summed E-state index contributed by atoms with van der Waals surface area (Å²) in [6.07, 6.45) is 2.51. The molecule has 1 amide bonds. The van der Waals surface area contributed by atoms with Crippen LogP contribution in [0.3, 0.4) is 0 Å². The highest BCUT2D eigenvalue weighted by Gasteiger charge is 2.26. The second kappa shape index (κ2) is 7.63. The summed E-state index contributed by atoms with van der Waals surface area (Å²) in [6, 6.07) is 8.43. The standard InChI is InChI=1S/C20H21ClN4O4/c1-20(2,3)29-19(28)24(11-18(26)27)13-5-7-17-23-9-16(25(17)10-13)14-6-4-12(22)8-15(14)21/h4-10H,11,22H2,1-3H3,(H,26,27). The van der Waals surface area contributed by atoms with E-state index in [2.05, 4.69) is 4.98 Å². The Bertz CT molecular complexity index is 1090. The number of carbonyl (C=O) groups excluding carboxylic acids is 1. The summed E-state index contributed by atoms with van der Waals surface area (Å²) in [5.41, 5.74) is 7.86. The fourth-order valence-corrected chi connectivity index (χ4v) is 3.07. The van der Waals surface area contributed by atoms with Gasteiger partial charge in [0.25, 0.3) is 0 Å². The van der Waals surface area contributed by atoms with Crippen LogP contribution in [0.4, 0.5) is 16.2 Å². The van der Waals surface area contributed by atoms with E-state index in [0.717, 1.165) is 4.90 Å². The zero-order valence-corrected chi connectivity index (χ0v) is 17.0. The van der Waals surface area contributed by atoms with Crippen molar-refractivity contribution in [2.75, 3.05) is 17.2 Å². The third-order valence-corrected chi connectivity index (χ3v) is 4.29. The molecule has 0 aliphatic rings. The Morgan fingerprint density at radius 3 is 2.62 bits per heavy atom. The number of halogens is 1. The summed E-state index contributed by atoms with van der Waals surface area (Å²) in [7, 11) is 0. The number of hydrogen-bond donors (Lipinski definition) is 2. The lowest BCUT2D eigenvalue weighted by Crippen LogP contribution is -2.40. The molecular weight excluding hydrogens is 396 g/mol. The minimum absolute atomic E-state index is 0.347. The molecule has 0 bridgehead atoms. The zero-order chi connectivity index (χ0) is 21.3. The van der Waals surface area contributed by atoms with Crippen LogP contribution in [-0.2, 0) is 9.53 Å². The molecule has 0 fully saturated rings. The molecule has 152 valence electrons. The van der Waals surface area contributed by atoms with Gasteiger partial charge in [-0.3, -0.25) is 14.1 Å². The number of carboxylic acid groups (broad SMARTS) is 1. The Balaban J connectivity index is 2.08. The molecule has 0 atom stereocenters. The number of ether oxygens (including phenoxy) is 1. The number of hydrogen-bond acceptors (Lipinski definition) is 5. The van der Waals surface area contributed by atoms with Gasteiger partial charge in [-0.25, -0.2) is 9.78 Å². The number of nitrogens with two attached hydrogens (primary N) is 1. The molecule has 3 N–H and O–H groups in total. The number of fused-ring (bicyclic) bond motifs is 1. The summed E-state index contributed by atoms with van der Waals surface area (Å²) < 4.78 is 7.09. The van der Waals surface area contributed by atoms with Gasteiger partial charge in [-0.2, -0.15) is 0 Å². The number of nitrogens with zero attached hydrogens (tertiary/aromatic N) is 3. The molecule has 2 aromatic heterocycles. The normalized spacial score (nSPS) is 11.4. The Morgan fingerprint density at radius 2 is 2.00 bits per heavy atom. The number of anilines is 2. The van der Waals surface area contributed by atoms with Crippen LogP contribution >= 0.6 is 11.6 Å². The number of rotatable bonds is 4. The number of imidazole rings is 1. The van der Waals surface area contributed by atoms with Crippen LogP contribution in [0.2, 0.25) is 5.02 Å². The number of carboxylic acids is 1. The molecule has 0 saturated heterocycles. The summed E-state index contributed by atoms with van der Waals surface area (Å²) in [4.78, 5) is 29.3. The van der Waals surface area contributed by atoms with E-state index in [1.54, 1.807) is 67.9 Å². The van der Waals surface area contributed by atoms with Crippen LogP contribution in [0.15, 0.2) is 42.7 Å². The van der Waals surface area contributed by atoms with Crippen LogP contribution in [-0.4, -0.2) is 38.7 Å². The lowest BCUT2D eigenvalue weighted by atomic mass is 10.1. The van der Waals surface area contributed by atoms with Crippen LogP contribution in [0.1, 0.15) is 20.8 Å². The van der Waals surface area contributed by atoms with Crippen molar-refractivity contribution in [3.8, 4) is 11.3 Å². The molecule has 0 aliphatic carbocycles. The molecule has 0 spiro atoms. The van der Waals surface area contributed by atoms with Gasteiger partial charge in [0.05, 0.1) is 22.6 Å². The Morgan fingerprint density at radius 1 is 1.28 bits per heavy atom. The third kappa shape index (κ3) is 4.60. The quantitative estimate of drug-likeness (QED) is 0.620. The summed E-state index contributed by atoms with van der Waals surface area (Å²) in [6.45, 7) is 4.59. The fraction of sp³-hybridized carbons (Fsp3) is 0.250. The number of benzene rings is 1. The molecule has 0 saturated carbocycles. The highest BCUT2D eigenvalue weighted by atomic mass is 35.5. The van der Waals surface area contributed by atoms with Crippen molar-refractivity contribution in [3.63, 3.8) is 0 Å². The Kier molecular flexibility index (Phi) is 5.39. The van der Waals surface area contributed by atoms with E-state index in [9.17, 15) is 14.7 Å². The molecule has 2 heterocycles. The number of nitrogen functional groups attached to an aromatic ring is 1. The van der Waals surface area contributed by atoms with Crippen LogP contribution in [0.25, 0.3) is 16.9 Å². The van der Waals surface area contributed by atoms with Crippen LogP contribution in [0, 0.1) is 0 Å². The molecule has 3 rings (SSSR count). The number of carbonyl (C=O) groups is 2. The maximum Gasteiger partial charge on any atom is 0.415 e. The van der Waals surface area contributed by atoms with Crippen molar-refractivity contribution in [2.45, 2.75) is 26.4 Å². The van der Waals surface area contributed by atoms with Crippen molar-refractivity contribution < 1.29 is 19.4 Å². The summed E-state index contributed by atoms with van der Waals surface area (Å²) in [5.74, 6) is -1.16. The van der Waals surface area contributed by atoms with E-state index < -0.39 is 24.2 Å². The van der Waals surface area contributed by atoms with Gasteiger partial charge >= 0.3 is 12.1 Å². The van der Waals surface area contributed by atoms with Crippen molar-refractivity contribution in [2.24, 2.45) is 0 Å². The van der Waals surface area contributed by atoms with E-state index in [0.29, 0.717) is 33.3 Å². The first-order chi connectivity index (χ1) is 13.5. The topological polar surface area (TPSA) is 110 Å². The van der Waals surface area contributed by atoms with E-state index in [1.165, 1.54) is 0 Å². The highest BCUT2D eigenvalue weighted by molar-refractivity contribution is 6.33. The number of pyridine rings is 1. The monoisotopic (exact) mass is 416 g/mol. The van der Waals surface area contributed by atoms with Gasteiger partial charge in [-0.1, -0.05) is 11.6 Å². The van der Waals surface area contributed by atoms with Gasteiger partial charge < -0.3 is 15.6 Å². The molecule has 0 aliphatic heterocycles. The van der Waals surface area contributed by atoms with Gasteiger partial charge in [0.2, 0.25) is 0 Å². The van der Waals surface area contributed by atoms with E-state index in [4.69, 9.17) is 22.1 Å². The van der Waals surface area contributed by atoms with Crippen LogP contribution < -0.4 is 10.6 Å². The van der Waals surface area contributed by atoms with Crippen molar-refractivity contribution >= 4 is 40.7 Å². The average Bonchev–Trinajstić information content (AvgIpc) is 3.01. The number of amides is 1. The number of aromatic nitrogens is 2. The number of aliphatic carboxylic acids is 1. The van der Waals surface area contributed by atoms with Gasteiger partial charge in [0.1, 0.15) is 17.8 Å². The lowest BCUT2D eigenvalue weighted by molar-refractivity contribution is -0.135. The van der Waals surface area contributed by atoms with E-state index in [1.807, 2.05) is 0 Å². The van der Waals surface area contributed by atoms with Gasteiger partial charge in [-0.05, 0) is 51.1 Å². The lowest BCUT2D eigenvalue weighted by Gasteiger charge is -2.26. The molecule has 29 heavy (non-hydrogen) atoms. The maximum atomic E-state index is 12.6. The van der Waals surface area contributed by atoms with Gasteiger partial charge in [0.15, 0.2) is 0 Å². The maximum absolute atomic E-state index is 12.6. The first-order valence-corrected chi connectivity index (χ1v) is 9.18. The first-order valence-electron chi connectivity index (χ1n) is 8.80. The molecule has 3 aromatic rings. The van der Waals surface area contributed by atoms with E-state index >= 15 is 0 Å². The third-order valence-electron chi connectivity index (χ3n) is 3.98. The second-order valence-corrected chi connectivity index (χ2v) is 7.87. The van der Waals surface area contributed by atoms with Gasteiger partial charge in [0, 0.05) is 17.4 Å². The zero-order valence-electron chi connectivity index (χ0n) is 16.2. The molecule has 0 radical (unpaired) electrons. The minimum atomic E-state index is -1.16. The fourth-order valence-electron chi connectivity index (χ4n) is 2.78. The van der Waals surface area contributed by atoms with Crippen molar-refractivity contribution in [1.82, 2.24) is 9.38 Å². The Labute approximate surface area is 172 Å². The van der Waals surface area contributed by atoms with Crippen molar-refractivity contribution in [3.05, 3.63) is 47.7 Å². The first kappa shape index (κ1) is 20.5. The van der Waals surface area contributed by atoms with Gasteiger partial charge in [-0.15, -0.1) is 0 Å². The predicted octanol–water partition coefficient (Wildman–Crippen LogP) is 4.06. The molecule has 9 heteroatoms. The largest absolute Gasteiger partial charge is 0.480 e. The average molecular weight is 417 g/mol. The van der Waals surface area contributed by atoms with Crippen LogP contribution in [0.5, 0.6) is 0 Å². The predicted molar refractivity (Wildman–Crippen MR) is 111 cm³/mol.